The average Bonchev–Trinajstić information content (AvgIpc) is 3.39. The Labute approximate surface area is 239 Å². The lowest BCUT2D eigenvalue weighted by molar-refractivity contribution is 0.0639. The summed E-state index contributed by atoms with van der Waals surface area (Å²) < 4.78 is 13.1. The zero-order valence-corrected chi connectivity index (χ0v) is 24.2. The van der Waals surface area contributed by atoms with Gasteiger partial charge in [-0.2, -0.15) is 0 Å². The first kappa shape index (κ1) is 28.0. The average molecular weight is 557 g/mol. The van der Waals surface area contributed by atoms with Crippen LogP contribution in [-0.4, -0.2) is 72.7 Å². The lowest BCUT2D eigenvalue weighted by atomic mass is 10.0. The molecule has 1 aliphatic heterocycles. The Hall–Kier alpha value is -4.57. The van der Waals surface area contributed by atoms with Crippen LogP contribution < -0.4 is 20.5 Å². The topological polar surface area (TPSA) is 104 Å². The molecule has 5 rings (SSSR count). The van der Waals surface area contributed by atoms with Gasteiger partial charge in [-0.3, -0.25) is 14.6 Å². The van der Waals surface area contributed by atoms with Gasteiger partial charge in [0.15, 0.2) is 0 Å². The van der Waals surface area contributed by atoms with E-state index in [2.05, 4.69) is 37.2 Å². The number of nitrogens with zero attached hydrogens (tertiary/aromatic N) is 4. The second-order valence-electron chi connectivity index (χ2n) is 10.4. The molecule has 0 atom stereocenters. The van der Waals surface area contributed by atoms with E-state index in [1.807, 2.05) is 56.6 Å². The predicted molar refractivity (Wildman–Crippen MR) is 161 cm³/mol. The van der Waals surface area contributed by atoms with E-state index >= 15 is 0 Å². The van der Waals surface area contributed by atoms with Crippen molar-refractivity contribution < 1.29 is 14.3 Å². The molecule has 4 aromatic heterocycles. The van der Waals surface area contributed by atoms with E-state index < -0.39 is 0 Å². The van der Waals surface area contributed by atoms with Gasteiger partial charge in [0.05, 0.1) is 61.2 Å². The fraction of sp³-hybridized carbons (Fsp3) is 0.323. The number of carbonyl (C=O) groups is 1. The lowest BCUT2D eigenvalue weighted by Crippen LogP contribution is -2.35. The molecule has 1 amide bonds. The molecule has 10 heteroatoms. The number of morpholine rings is 1. The minimum atomic E-state index is -0.296. The molecule has 0 saturated carbocycles. The molecule has 10 nitrogen and oxygen atoms in total. The molecule has 0 unspecified atom stereocenters. The Bertz CT molecular complexity index is 1680. The van der Waals surface area contributed by atoms with E-state index in [1.165, 1.54) is 7.11 Å². The fourth-order valence-electron chi connectivity index (χ4n) is 5.28. The summed E-state index contributed by atoms with van der Waals surface area (Å²) in [5, 5.41) is 2.95. The van der Waals surface area contributed by atoms with Crippen molar-refractivity contribution in [1.29, 1.82) is 0 Å². The number of anilines is 1. The molecule has 5 heterocycles. The van der Waals surface area contributed by atoms with Crippen LogP contribution in [0.1, 0.15) is 32.9 Å². The summed E-state index contributed by atoms with van der Waals surface area (Å²) >= 11 is 0. The highest BCUT2D eigenvalue weighted by Crippen LogP contribution is 2.34. The summed E-state index contributed by atoms with van der Waals surface area (Å²) in [6.07, 6.45) is 5.66. The van der Waals surface area contributed by atoms with Crippen LogP contribution in [0.25, 0.3) is 22.3 Å². The number of pyridine rings is 3. The van der Waals surface area contributed by atoms with E-state index in [4.69, 9.17) is 9.47 Å². The Morgan fingerprint density at radius 3 is 2.66 bits per heavy atom. The summed E-state index contributed by atoms with van der Waals surface area (Å²) in [6.45, 7) is 10.9. The number of carbonyl (C=O) groups excluding carboxylic acids is 1. The molecule has 0 spiro atoms. The zero-order valence-electron chi connectivity index (χ0n) is 24.2. The van der Waals surface area contributed by atoms with Crippen LogP contribution in [0.3, 0.4) is 0 Å². The van der Waals surface area contributed by atoms with Crippen molar-refractivity contribution in [2.75, 3.05) is 52.4 Å². The fourth-order valence-corrected chi connectivity index (χ4v) is 5.28. The van der Waals surface area contributed by atoms with Crippen LogP contribution in [-0.2, 0) is 11.3 Å². The molecule has 2 N–H and O–H groups in total. The maximum atomic E-state index is 13.8. The van der Waals surface area contributed by atoms with E-state index in [1.54, 1.807) is 13.0 Å². The van der Waals surface area contributed by atoms with Gasteiger partial charge in [0.25, 0.3) is 11.5 Å². The van der Waals surface area contributed by atoms with Crippen LogP contribution in [0, 0.1) is 13.8 Å². The maximum Gasteiger partial charge on any atom is 0.256 e. The lowest BCUT2D eigenvalue weighted by Gasteiger charge is -2.32. The first-order chi connectivity index (χ1) is 19.7. The number of aryl methyl sites for hydroxylation is 1. The Morgan fingerprint density at radius 1 is 1.20 bits per heavy atom. The van der Waals surface area contributed by atoms with Gasteiger partial charge in [0.1, 0.15) is 5.75 Å². The predicted octanol–water partition coefficient (Wildman–Crippen LogP) is 3.61. The van der Waals surface area contributed by atoms with E-state index in [-0.39, 0.29) is 18.0 Å². The number of ether oxygens (including phenoxy) is 2. The van der Waals surface area contributed by atoms with Crippen LogP contribution in [0.4, 0.5) is 5.69 Å². The standard InChI is InChI=1S/C31H36N6O4/c1-19-13-28(40-6)26(31(39)34-19)18-33-30(38)25-15-27-24(22-14-23(35(4)5)17-32-16-22)7-8-37(27)29(20(25)2)21(3)36-9-11-41-12-10-36/h7-8,13-17H,3,9-12,18H2,1-2,4-6H3,(H,33,38)(H,34,39). The van der Waals surface area contributed by atoms with Gasteiger partial charge in [-0.15, -0.1) is 0 Å². The maximum absolute atomic E-state index is 13.8. The SMILES string of the molecule is C=C(c1c(C)c(C(=O)NCc2c(OC)cc(C)[nH]c2=O)cc2c(-c3cncc(N(C)C)c3)ccn12)N1CCOCC1. The van der Waals surface area contributed by atoms with Gasteiger partial charge in [-0.05, 0) is 43.7 Å². The van der Waals surface area contributed by atoms with Crippen LogP contribution in [0.15, 0.2) is 54.2 Å². The number of methoxy groups -OCH3 is 1. The molecule has 41 heavy (non-hydrogen) atoms. The second-order valence-corrected chi connectivity index (χ2v) is 10.4. The van der Waals surface area contributed by atoms with E-state index in [9.17, 15) is 9.59 Å². The van der Waals surface area contributed by atoms with Gasteiger partial charge in [-0.1, -0.05) is 6.58 Å². The van der Waals surface area contributed by atoms with Gasteiger partial charge in [0.2, 0.25) is 0 Å². The van der Waals surface area contributed by atoms with Crippen molar-refractivity contribution in [3.05, 3.63) is 87.9 Å². The minimum Gasteiger partial charge on any atom is -0.496 e. The summed E-state index contributed by atoms with van der Waals surface area (Å²) in [5.41, 5.74) is 7.43. The first-order valence-corrected chi connectivity index (χ1v) is 13.5. The summed E-state index contributed by atoms with van der Waals surface area (Å²) in [7, 11) is 5.46. The van der Waals surface area contributed by atoms with Gasteiger partial charge in [0, 0.05) is 62.0 Å². The summed E-state index contributed by atoms with van der Waals surface area (Å²) in [4.78, 5) is 37.8. The number of amides is 1. The monoisotopic (exact) mass is 556 g/mol. The van der Waals surface area contributed by atoms with Crippen LogP contribution >= 0.6 is 0 Å². The third kappa shape index (κ3) is 5.43. The molecular formula is C31H36N6O4. The number of fused-ring (bicyclic) bond motifs is 1. The highest BCUT2D eigenvalue weighted by molar-refractivity contribution is 5.99. The van der Waals surface area contributed by atoms with Crippen LogP contribution in [0.2, 0.25) is 0 Å². The smallest absolute Gasteiger partial charge is 0.256 e. The van der Waals surface area contributed by atoms with Crippen molar-refractivity contribution >= 4 is 22.8 Å². The molecule has 0 radical (unpaired) electrons. The molecule has 214 valence electrons. The number of hydrogen-bond donors (Lipinski definition) is 2. The third-order valence-electron chi connectivity index (χ3n) is 7.54. The highest BCUT2D eigenvalue weighted by atomic mass is 16.5. The molecule has 4 aromatic rings. The minimum absolute atomic E-state index is 0.0185. The normalized spacial score (nSPS) is 13.3. The third-order valence-corrected chi connectivity index (χ3v) is 7.54. The van der Waals surface area contributed by atoms with Crippen molar-refractivity contribution in [3.63, 3.8) is 0 Å². The molecular weight excluding hydrogens is 520 g/mol. The number of H-pyrrole nitrogens is 1. The molecule has 1 fully saturated rings. The molecule has 1 aliphatic rings. The molecule has 0 aromatic carbocycles. The van der Waals surface area contributed by atoms with Gasteiger partial charge < -0.3 is 34.0 Å². The van der Waals surface area contributed by atoms with Crippen LogP contribution in [0.5, 0.6) is 5.75 Å². The zero-order chi connectivity index (χ0) is 29.3. The second kappa shape index (κ2) is 11.5. The Morgan fingerprint density at radius 2 is 1.95 bits per heavy atom. The first-order valence-electron chi connectivity index (χ1n) is 13.5. The summed E-state index contributed by atoms with van der Waals surface area (Å²) in [6, 6.07) is 7.76. The van der Waals surface area contributed by atoms with Crippen molar-refractivity contribution in [1.82, 2.24) is 24.6 Å². The Balaban J connectivity index is 1.61. The number of aromatic nitrogens is 3. The Kier molecular flexibility index (Phi) is 7.85. The number of hydrogen-bond acceptors (Lipinski definition) is 7. The molecule has 1 saturated heterocycles. The van der Waals surface area contributed by atoms with Crippen molar-refractivity contribution in [2.24, 2.45) is 0 Å². The van der Waals surface area contributed by atoms with E-state index in [0.29, 0.717) is 35.8 Å². The quantitative estimate of drug-likeness (QED) is 0.342. The van der Waals surface area contributed by atoms with E-state index in [0.717, 1.165) is 52.4 Å². The molecule has 0 bridgehead atoms. The highest BCUT2D eigenvalue weighted by Gasteiger charge is 2.24. The largest absolute Gasteiger partial charge is 0.496 e. The molecule has 0 aliphatic carbocycles. The summed E-state index contributed by atoms with van der Waals surface area (Å²) in [5.74, 6) is 0.137. The van der Waals surface area contributed by atoms with Crippen molar-refractivity contribution in [3.8, 4) is 16.9 Å². The van der Waals surface area contributed by atoms with Gasteiger partial charge >= 0.3 is 0 Å². The number of aromatic amines is 1. The number of rotatable bonds is 8. The van der Waals surface area contributed by atoms with Gasteiger partial charge in [-0.25, -0.2) is 0 Å². The number of nitrogens with one attached hydrogen (secondary N) is 2. The van der Waals surface area contributed by atoms with Crippen molar-refractivity contribution in [2.45, 2.75) is 20.4 Å².